The first kappa shape index (κ1) is 30.1. The van der Waals surface area contributed by atoms with Gasteiger partial charge in [-0.05, 0) is 85.0 Å². The third-order valence-corrected chi connectivity index (χ3v) is 7.38. The largest absolute Gasteiger partial charge is 0.497 e. The summed E-state index contributed by atoms with van der Waals surface area (Å²) in [5.41, 5.74) is 4.53. The maximum absolute atomic E-state index is 13.9. The number of methoxy groups -OCH3 is 1. The molecule has 0 saturated heterocycles. The Hall–Kier alpha value is -5.42. The number of benzene rings is 3. The summed E-state index contributed by atoms with van der Waals surface area (Å²) < 4.78 is 12.8. The number of amides is 2. The van der Waals surface area contributed by atoms with Gasteiger partial charge in [0.05, 0.1) is 25.1 Å². The first-order valence-corrected chi connectivity index (χ1v) is 14.5. The van der Waals surface area contributed by atoms with Crippen LogP contribution in [0.15, 0.2) is 102 Å². The standard InChI is InChI=1S/C36H34N4O4/c1-24(2)23-44-31-16-12-27(13-17-31)34-28(22-40(38-34)29-8-6-5-7-9-29)20-32-25(3)33(21-37)36(42)39(35(32)41)19-18-26-10-14-30(43-4)15-11-26/h5-17,20,22,24H,18-19,23H2,1-4H3/b32-20+. The highest BCUT2D eigenvalue weighted by atomic mass is 16.5. The summed E-state index contributed by atoms with van der Waals surface area (Å²) in [5.74, 6) is 0.850. The fraction of sp³-hybridized carbons (Fsp3) is 0.222. The van der Waals surface area contributed by atoms with Crippen LogP contribution in [0, 0.1) is 17.2 Å². The van der Waals surface area contributed by atoms with Crippen molar-refractivity contribution >= 4 is 17.9 Å². The van der Waals surface area contributed by atoms with E-state index in [9.17, 15) is 14.9 Å². The number of imide groups is 1. The van der Waals surface area contributed by atoms with Crippen molar-refractivity contribution in [3.63, 3.8) is 0 Å². The van der Waals surface area contributed by atoms with Gasteiger partial charge in [0.2, 0.25) is 0 Å². The number of hydrogen-bond donors (Lipinski definition) is 0. The molecule has 222 valence electrons. The molecular formula is C36H34N4O4. The summed E-state index contributed by atoms with van der Waals surface area (Å²) in [6.07, 6.45) is 4.02. The third kappa shape index (κ3) is 6.47. The van der Waals surface area contributed by atoms with E-state index in [0.29, 0.717) is 35.8 Å². The quantitative estimate of drug-likeness (QED) is 0.157. The van der Waals surface area contributed by atoms with Gasteiger partial charge in [0.25, 0.3) is 11.8 Å². The topological polar surface area (TPSA) is 97.5 Å². The normalized spacial score (nSPS) is 14.4. The first-order valence-electron chi connectivity index (χ1n) is 14.5. The zero-order valence-electron chi connectivity index (χ0n) is 25.3. The molecule has 0 saturated carbocycles. The molecule has 0 bridgehead atoms. The monoisotopic (exact) mass is 586 g/mol. The van der Waals surface area contributed by atoms with Crippen LogP contribution in [-0.2, 0) is 16.0 Å². The highest BCUT2D eigenvalue weighted by Crippen LogP contribution is 2.32. The van der Waals surface area contributed by atoms with Gasteiger partial charge >= 0.3 is 0 Å². The lowest BCUT2D eigenvalue weighted by molar-refractivity contribution is -0.140. The molecule has 0 atom stereocenters. The number of carbonyl (C=O) groups is 2. The maximum atomic E-state index is 13.9. The van der Waals surface area contributed by atoms with Crippen molar-refractivity contribution in [3.05, 3.63) is 113 Å². The average molecular weight is 587 g/mol. The van der Waals surface area contributed by atoms with Crippen LogP contribution in [0.1, 0.15) is 31.9 Å². The second-order valence-electron chi connectivity index (χ2n) is 11.0. The third-order valence-electron chi connectivity index (χ3n) is 7.38. The predicted octanol–water partition coefficient (Wildman–Crippen LogP) is 6.42. The highest BCUT2D eigenvalue weighted by molar-refractivity contribution is 6.19. The Morgan fingerprint density at radius 2 is 1.61 bits per heavy atom. The minimum absolute atomic E-state index is 0.0470. The van der Waals surface area contributed by atoms with Crippen LogP contribution < -0.4 is 9.47 Å². The number of nitriles is 1. The Kier molecular flexibility index (Phi) is 9.06. The van der Waals surface area contributed by atoms with Crippen LogP contribution in [0.2, 0.25) is 0 Å². The van der Waals surface area contributed by atoms with E-state index in [-0.39, 0.29) is 17.7 Å². The van der Waals surface area contributed by atoms with Gasteiger partial charge in [0.15, 0.2) is 0 Å². The van der Waals surface area contributed by atoms with Crippen LogP contribution in [0.4, 0.5) is 0 Å². The molecule has 5 rings (SSSR count). The summed E-state index contributed by atoms with van der Waals surface area (Å²) in [7, 11) is 1.60. The zero-order chi connectivity index (χ0) is 31.2. The smallest absolute Gasteiger partial charge is 0.271 e. The van der Waals surface area contributed by atoms with Gasteiger partial charge in [-0.3, -0.25) is 14.5 Å². The van der Waals surface area contributed by atoms with E-state index in [2.05, 4.69) is 13.8 Å². The fourth-order valence-electron chi connectivity index (χ4n) is 4.92. The molecule has 8 nitrogen and oxygen atoms in total. The molecule has 0 spiro atoms. The van der Waals surface area contributed by atoms with Crippen molar-refractivity contribution in [1.82, 2.24) is 14.7 Å². The van der Waals surface area contributed by atoms with E-state index in [0.717, 1.165) is 33.2 Å². The summed E-state index contributed by atoms with van der Waals surface area (Å²) in [6, 6.07) is 26.8. The lowest BCUT2D eigenvalue weighted by atomic mass is 9.93. The Labute approximate surface area is 257 Å². The van der Waals surface area contributed by atoms with Crippen LogP contribution in [0.3, 0.4) is 0 Å². The summed E-state index contributed by atoms with van der Waals surface area (Å²) in [4.78, 5) is 28.3. The molecule has 8 heteroatoms. The van der Waals surface area contributed by atoms with E-state index < -0.39 is 11.8 Å². The lowest BCUT2D eigenvalue weighted by Crippen LogP contribution is -2.43. The molecular weight excluding hydrogens is 552 g/mol. The molecule has 1 aliphatic rings. The summed E-state index contributed by atoms with van der Waals surface area (Å²) >= 11 is 0. The number of nitrogens with zero attached hydrogens (tertiary/aromatic N) is 4. The van der Waals surface area contributed by atoms with E-state index in [4.69, 9.17) is 14.6 Å². The van der Waals surface area contributed by atoms with Crippen molar-refractivity contribution < 1.29 is 19.1 Å². The molecule has 0 N–H and O–H groups in total. The SMILES string of the molecule is COc1ccc(CCN2C(=O)C(C#N)=C(C)/C(=C\c3cn(-c4ccccc4)nc3-c3ccc(OCC(C)C)cc3)C2=O)cc1. The van der Waals surface area contributed by atoms with Crippen molar-refractivity contribution in [1.29, 1.82) is 5.26 Å². The number of para-hydroxylation sites is 1. The van der Waals surface area contributed by atoms with Gasteiger partial charge in [-0.1, -0.05) is 44.2 Å². The molecule has 0 unspecified atom stereocenters. The number of carbonyl (C=O) groups excluding carboxylic acids is 2. The second-order valence-corrected chi connectivity index (χ2v) is 11.0. The van der Waals surface area contributed by atoms with E-state index in [1.807, 2.05) is 91.1 Å². The minimum Gasteiger partial charge on any atom is -0.497 e. The summed E-state index contributed by atoms with van der Waals surface area (Å²) in [5, 5.41) is 14.8. The van der Waals surface area contributed by atoms with Crippen molar-refractivity contribution in [2.24, 2.45) is 5.92 Å². The van der Waals surface area contributed by atoms with Gasteiger partial charge in [-0.25, -0.2) is 4.68 Å². The molecule has 0 aliphatic carbocycles. The second kappa shape index (κ2) is 13.3. The molecule has 0 fully saturated rings. The molecule has 4 aromatic rings. The number of rotatable bonds is 10. The van der Waals surface area contributed by atoms with E-state index in [1.165, 1.54) is 0 Å². The Morgan fingerprint density at radius 3 is 2.25 bits per heavy atom. The summed E-state index contributed by atoms with van der Waals surface area (Å²) in [6.45, 7) is 6.58. The van der Waals surface area contributed by atoms with E-state index in [1.54, 1.807) is 24.8 Å². The van der Waals surface area contributed by atoms with Gasteiger partial charge in [-0.15, -0.1) is 0 Å². The predicted molar refractivity (Wildman–Crippen MR) is 169 cm³/mol. The van der Waals surface area contributed by atoms with Crippen LogP contribution in [0.25, 0.3) is 23.0 Å². The number of aromatic nitrogens is 2. The zero-order valence-corrected chi connectivity index (χ0v) is 25.3. The molecule has 44 heavy (non-hydrogen) atoms. The van der Waals surface area contributed by atoms with Gasteiger partial charge in [-0.2, -0.15) is 10.4 Å². The number of hydrogen-bond acceptors (Lipinski definition) is 6. The molecule has 2 amide bonds. The molecule has 0 radical (unpaired) electrons. The fourth-order valence-corrected chi connectivity index (χ4v) is 4.92. The first-order chi connectivity index (χ1) is 21.3. The van der Waals surface area contributed by atoms with E-state index >= 15 is 0 Å². The van der Waals surface area contributed by atoms with Crippen molar-refractivity contribution in [2.75, 3.05) is 20.3 Å². The van der Waals surface area contributed by atoms with Crippen LogP contribution in [-0.4, -0.2) is 46.8 Å². The number of ether oxygens (including phenoxy) is 2. The Morgan fingerprint density at radius 1 is 0.932 bits per heavy atom. The van der Waals surface area contributed by atoms with Gasteiger partial charge in [0, 0.05) is 29.4 Å². The Bertz CT molecular complexity index is 1760. The van der Waals surface area contributed by atoms with Crippen LogP contribution >= 0.6 is 0 Å². The maximum Gasteiger partial charge on any atom is 0.271 e. The lowest BCUT2D eigenvalue weighted by Gasteiger charge is -2.27. The Balaban J connectivity index is 1.53. The molecule has 1 aromatic heterocycles. The molecule has 3 aromatic carbocycles. The van der Waals surface area contributed by atoms with Crippen molar-refractivity contribution in [3.8, 4) is 34.5 Å². The van der Waals surface area contributed by atoms with Gasteiger partial charge < -0.3 is 9.47 Å². The molecule has 1 aliphatic heterocycles. The molecule has 2 heterocycles. The van der Waals surface area contributed by atoms with Crippen molar-refractivity contribution in [2.45, 2.75) is 27.2 Å². The minimum atomic E-state index is -0.585. The van der Waals surface area contributed by atoms with Gasteiger partial charge in [0.1, 0.15) is 23.1 Å². The average Bonchev–Trinajstić information content (AvgIpc) is 3.47. The van der Waals surface area contributed by atoms with Crippen LogP contribution in [0.5, 0.6) is 11.5 Å². The highest BCUT2D eigenvalue weighted by Gasteiger charge is 2.35.